The van der Waals surface area contributed by atoms with E-state index in [-0.39, 0.29) is 0 Å². The SMILES string of the molecule is CC(C)CCCNCc1ccc2cnccc2c1. The minimum atomic E-state index is 0.806. The summed E-state index contributed by atoms with van der Waals surface area (Å²) in [5.74, 6) is 0.806. The number of pyridine rings is 1. The lowest BCUT2D eigenvalue weighted by Gasteiger charge is -2.07. The third kappa shape index (κ3) is 3.81. The Kier molecular flexibility index (Phi) is 4.71. The van der Waals surface area contributed by atoms with Crippen molar-refractivity contribution in [3.63, 3.8) is 0 Å². The molecule has 0 saturated heterocycles. The second kappa shape index (κ2) is 6.50. The van der Waals surface area contributed by atoms with Crippen LogP contribution < -0.4 is 5.32 Å². The van der Waals surface area contributed by atoms with Crippen LogP contribution in [0, 0.1) is 5.92 Å². The summed E-state index contributed by atoms with van der Waals surface area (Å²) in [6.45, 7) is 6.61. The van der Waals surface area contributed by atoms with Gasteiger partial charge >= 0.3 is 0 Å². The molecule has 1 aromatic carbocycles. The Morgan fingerprint density at radius 1 is 1.17 bits per heavy atom. The lowest BCUT2D eigenvalue weighted by atomic mass is 10.1. The minimum Gasteiger partial charge on any atom is -0.313 e. The van der Waals surface area contributed by atoms with E-state index in [1.165, 1.54) is 29.2 Å². The number of nitrogens with one attached hydrogen (secondary N) is 1. The van der Waals surface area contributed by atoms with Gasteiger partial charge in [0.1, 0.15) is 0 Å². The first kappa shape index (κ1) is 13.0. The first-order valence-corrected chi connectivity index (χ1v) is 6.79. The molecule has 2 aromatic rings. The van der Waals surface area contributed by atoms with Gasteiger partial charge in [-0.25, -0.2) is 0 Å². The highest BCUT2D eigenvalue weighted by Crippen LogP contribution is 2.14. The van der Waals surface area contributed by atoms with Crippen LogP contribution in [-0.4, -0.2) is 11.5 Å². The molecule has 0 amide bonds. The van der Waals surface area contributed by atoms with Gasteiger partial charge in [-0.3, -0.25) is 4.98 Å². The molecule has 18 heavy (non-hydrogen) atoms. The quantitative estimate of drug-likeness (QED) is 0.780. The Labute approximate surface area is 109 Å². The van der Waals surface area contributed by atoms with Crippen LogP contribution >= 0.6 is 0 Å². The van der Waals surface area contributed by atoms with Crippen molar-refractivity contribution >= 4 is 10.8 Å². The monoisotopic (exact) mass is 242 g/mol. The summed E-state index contributed by atoms with van der Waals surface area (Å²) in [5.41, 5.74) is 1.35. The maximum Gasteiger partial charge on any atom is 0.0346 e. The molecule has 0 radical (unpaired) electrons. The van der Waals surface area contributed by atoms with Crippen LogP contribution in [0.5, 0.6) is 0 Å². The molecule has 0 aliphatic rings. The summed E-state index contributed by atoms with van der Waals surface area (Å²) in [5, 5.41) is 5.99. The molecule has 0 saturated carbocycles. The molecule has 2 heteroatoms. The van der Waals surface area contributed by atoms with E-state index < -0.39 is 0 Å². The Morgan fingerprint density at radius 3 is 2.89 bits per heavy atom. The maximum atomic E-state index is 4.13. The fraction of sp³-hybridized carbons (Fsp3) is 0.438. The van der Waals surface area contributed by atoms with Crippen LogP contribution in [0.1, 0.15) is 32.3 Å². The molecule has 96 valence electrons. The number of hydrogen-bond acceptors (Lipinski definition) is 2. The highest BCUT2D eigenvalue weighted by molar-refractivity contribution is 5.81. The van der Waals surface area contributed by atoms with Crippen LogP contribution in [-0.2, 0) is 6.54 Å². The van der Waals surface area contributed by atoms with Gasteiger partial charge in [-0.2, -0.15) is 0 Å². The van der Waals surface area contributed by atoms with Crippen molar-refractivity contribution in [2.45, 2.75) is 33.2 Å². The predicted molar refractivity (Wildman–Crippen MR) is 77.5 cm³/mol. The van der Waals surface area contributed by atoms with E-state index in [2.05, 4.69) is 48.4 Å². The fourth-order valence-electron chi connectivity index (χ4n) is 2.11. The molecule has 0 aliphatic carbocycles. The Balaban J connectivity index is 1.84. The van der Waals surface area contributed by atoms with Crippen molar-refractivity contribution in [1.82, 2.24) is 10.3 Å². The first-order valence-electron chi connectivity index (χ1n) is 6.79. The molecule has 0 bridgehead atoms. The summed E-state index contributed by atoms with van der Waals surface area (Å²) in [7, 11) is 0. The van der Waals surface area contributed by atoms with Gasteiger partial charge in [-0.05, 0) is 48.4 Å². The maximum absolute atomic E-state index is 4.13. The molecule has 0 spiro atoms. The minimum absolute atomic E-state index is 0.806. The zero-order valence-electron chi connectivity index (χ0n) is 11.3. The molecule has 0 fully saturated rings. The highest BCUT2D eigenvalue weighted by atomic mass is 14.8. The van der Waals surface area contributed by atoms with Crippen molar-refractivity contribution in [2.75, 3.05) is 6.54 Å². The average molecular weight is 242 g/mol. The smallest absolute Gasteiger partial charge is 0.0346 e. The second-order valence-corrected chi connectivity index (χ2v) is 5.27. The molecule has 1 aromatic heterocycles. The van der Waals surface area contributed by atoms with Crippen molar-refractivity contribution in [3.8, 4) is 0 Å². The molecule has 1 heterocycles. The number of nitrogens with zero attached hydrogens (tertiary/aromatic N) is 1. The largest absolute Gasteiger partial charge is 0.313 e. The summed E-state index contributed by atoms with van der Waals surface area (Å²) in [6, 6.07) is 8.64. The van der Waals surface area contributed by atoms with Gasteiger partial charge < -0.3 is 5.32 Å². The van der Waals surface area contributed by atoms with Crippen LogP contribution in [0.3, 0.4) is 0 Å². The zero-order valence-corrected chi connectivity index (χ0v) is 11.3. The summed E-state index contributed by atoms with van der Waals surface area (Å²) in [4.78, 5) is 4.13. The molecular weight excluding hydrogens is 220 g/mol. The normalized spacial score (nSPS) is 11.3. The lowest BCUT2D eigenvalue weighted by molar-refractivity contribution is 0.527. The number of hydrogen-bond donors (Lipinski definition) is 1. The molecule has 1 N–H and O–H groups in total. The molecule has 0 atom stereocenters. The average Bonchev–Trinajstić information content (AvgIpc) is 2.38. The van der Waals surface area contributed by atoms with Crippen LogP contribution in [0.15, 0.2) is 36.7 Å². The number of fused-ring (bicyclic) bond motifs is 1. The van der Waals surface area contributed by atoms with Crippen LogP contribution in [0.2, 0.25) is 0 Å². The van der Waals surface area contributed by atoms with Crippen molar-refractivity contribution in [1.29, 1.82) is 0 Å². The number of benzene rings is 1. The number of aromatic nitrogens is 1. The Morgan fingerprint density at radius 2 is 2.06 bits per heavy atom. The van der Waals surface area contributed by atoms with E-state index >= 15 is 0 Å². The molecule has 2 rings (SSSR count). The molecular formula is C16H22N2. The van der Waals surface area contributed by atoms with E-state index in [0.29, 0.717) is 0 Å². The van der Waals surface area contributed by atoms with Crippen molar-refractivity contribution in [2.24, 2.45) is 5.92 Å². The molecule has 2 nitrogen and oxygen atoms in total. The highest BCUT2D eigenvalue weighted by Gasteiger charge is 1.97. The summed E-state index contributed by atoms with van der Waals surface area (Å²) in [6.07, 6.45) is 6.32. The van der Waals surface area contributed by atoms with E-state index in [1.807, 2.05) is 12.4 Å². The molecule has 0 aliphatic heterocycles. The van der Waals surface area contributed by atoms with Gasteiger partial charge in [0.05, 0.1) is 0 Å². The first-order chi connectivity index (χ1) is 8.75. The number of rotatable bonds is 6. The van der Waals surface area contributed by atoms with E-state index in [1.54, 1.807) is 0 Å². The van der Waals surface area contributed by atoms with Gasteiger partial charge in [0.25, 0.3) is 0 Å². The van der Waals surface area contributed by atoms with E-state index in [4.69, 9.17) is 0 Å². The Hall–Kier alpha value is -1.41. The van der Waals surface area contributed by atoms with E-state index in [9.17, 15) is 0 Å². The van der Waals surface area contributed by atoms with Gasteiger partial charge in [-0.1, -0.05) is 26.0 Å². The fourth-order valence-corrected chi connectivity index (χ4v) is 2.11. The molecule has 0 unspecified atom stereocenters. The standard InChI is InChI=1S/C16H22N2/c1-13(2)4-3-8-17-11-14-5-6-16-12-18-9-7-15(16)10-14/h5-7,9-10,12-13,17H,3-4,8,11H2,1-2H3. The summed E-state index contributed by atoms with van der Waals surface area (Å²) >= 11 is 0. The Bertz CT molecular complexity index is 491. The predicted octanol–water partition coefficient (Wildman–Crippen LogP) is 3.76. The van der Waals surface area contributed by atoms with Gasteiger partial charge in [0, 0.05) is 24.3 Å². The van der Waals surface area contributed by atoms with E-state index in [0.717, 1.165) is 19.0 Å². The third-order valence-corrected chi connectivity index (χ3v) is 3.17. The van der Waals surface area contributed by atoms with Crippen LogP contribution in [0.4, 0.5) is 0 Å². The third-order valence-electron chi connectivity index (χ3n) is 3.17. The summed E-state index contributed by atoms with van der Waals surface area (Å²) < 4.78 is 0. The zero-order chi connectivity index (χ0) is 12.8. The van der Waals surface area contributed by atoms with Gasteiger partial charge in [-0.15, -0.1) is 0 Å². The van der Waals surface area contributed by atoms with Crippen LogP contribution in [0.25, 0.3) is 10.8 Å². The topological polar surface area (TPSA) is 24.9 Å². The van der Waals surface area contributed by atoms with Crippen molar-refractivity contribution < 1.29 is 0 Å². The lowest BCUT2D eigenvalue weighted by Crippen LogP contribution is -2.15. The van der Waals surface area contributed by atoms with Gasteiger partial charge in [0.15, 0.2) is 0 Å². The van der Waals surface area contributed by atoms with Gasteiger partial charge in [0.2, 0.25) is 0 Å². The van der Waals surface area contributed by atoms with Crippen molar-refractivity contribution in [3.05, 3.63) is 42.2 Å². The second-order valence-electron chi connectivity index (χ2n) is 5.27.